The van der Waals surface area contributed by atoms with Crippen molar-refractivity contribution in [2.45, 2.75) is 4.90 Å². The van der Waals surface area contributed by atoms with E-state index in [0.29, 0.717) is 48.4 Å². The second-order valence-corrected chi connectivity index (χ2v) is 9.08. The minimum atomic E-state index is -3.77. The van der Waals surface area contributed by atoms with Crippen LogP contribution in [-0.4, -0.2) is 55.4 Å². The lowest BCUT2D eigenvalue weighted by Gasteiger charge is -2.34. The number of nitrogens with one attached hydrogen (secondary N) is 1. The van der Waals surface area contributed by atoms with Crippen LogP contribution in [0.5, 0.6) is 0 Å². The third-order valence-electron chi connectivity index (χ3n) is 4.91. The van der Waals surface area contributed by atoms with Crippen molar-refractivity contribution in [1.29, 1.82) is 0 Å². The van der Waals surface area contributed by atoms with Gasteiger partial charge in [0.15, 0.2) is 0 Å². The second-order valence-electron chi connectivity index (χ2n) is 6.96. The molecule has 0 saturated carbocycles. The molecule has 1 N–H and O–H groups in total. The molecule has 2 aromatic carbocycles. The molecular formula is C21H20ClN5O3S. The Kier molecular flexibility index (Phi) is 6.06. The number of anilines is 2. The van der Waals surface area contributed by atoms with Crippen LogP contribution in [0.1, 0.15) is 10.4 Å². The van der Waals surface area contributed by atoms with Crippen molar-refractivity contribution in [2.24, 2.45) is 0 Å². The van der Waals surface area contributed by atoms with Gasteiger partial charge in [0.05, 0.1) is 4.90 Å². The maximum absolute atomic E-state index is 12.8. The number of amides is 1. The first-order valence-corrected chi connectivity index (χ1v) is 11.5. The van der Waals surface area contributed by atoms with E-state index in [9.17, 15) is 13.2 Å². The zero-order valence-corrected chi connectivity index (χ0v) is 18.1. The van der Waals surface area contributed by atoms with Crippen LogP contribution < -0.4 is 9.62 Å². The van der Waals surface area contributed by atoms with Gasteiger partial charge in [-0.25, -0.2) is 18.4 Å². The predicted octanol–water partition coefficient (Wildman–Crippen LogP) is 2.89. The van der Waals surface area contributed by atoms with Gasteiger partial charge >= 0.3 is 0 Å². The third kappa shape index (κ3) is 4.95. The highest BCUT2D eigenvalue weighted by Crippen LogP contribution is 2.20. The molecular weight excluding hydrogens is 438 g/mol. The standard InChI is InChI=1S/C21H20ClN5O3S/c22-17-4-6-18(7-5-17)25-31(29,30)19-8-2-16(3-9-19)20(28)26-12-14-27(15-13-26)21-23-10-1-11-24-21/h1-11,25H,12-15H2. The summed E-state index contributed by atoms with van der Waals surface area (Å²) in [6.45, 7) is 2.34. The number of halogens is 1. The molecule has 3 aromatic rings. The maximum atomic E-state index is 12.8. The number of piperazine rings is 1. The van der Waals surface area contributed by atoms with Crippen molar-refractivity contribution in [2.75, 3.05) is 35.8 Å². The van der Waals surface area contributed by atoms with E-state index in [-0.39, 0.29) is 10.8 Å². The number of benzene rings is 2. The molecule has 160 valence electrons. The molecule has 1 aromatic heterocycles. The molecule has 8 nitrogen and oxygen atoms in total. The van der Waals surface area contributed by atoms with Gasteiger partial charge in [-0.05, 0) is 54.6 Å². The Bertz CT molecular complexity index is 1150. The number of rotatable bonds is 5. The highest BCUT2D eigenvalue weighted by Gasteiger charge is 2.24. The SMILES string of the molecule is O=C(c1ccc(S(=O)(=O)Nc2ccc(Cl)cc2)cc1)N1CCN(c2ncccn2)CC1. The van der Waals surface area contributed by atoms with Crippen LogP contribution in [0, 0.1) is 0 Å². The fourth-order valence-electron chi connectivity index (χ4n) is 3.26. The Hall–Kier alpha value is -3.17. The average Bonchev–Trinajstić information content (AvgIpc) is 2.81. The molecule has 0 bridgehead atoms. The molecule has 10 heteroatoms. The largest absolute Gasteiger partial charge is 0.337 e. The fraction of sp³-hybridized carbons (Fsp3) is 0.190. The molecule has 0 atom stereocenters. The zero-order valence-electron chi connectivity index (χ0n) is 16.5. The first-order valence-electron chi connectivity index (χ1n) is 9.62. The van der Waals surface area contributed by atoms with Crippen LogP contribution in [0.25, 0.3) is 0 Å². The zero-order chi connectivity index (χ0) is 21.8. The molecule has 2 heterocycles. The number of hydrogen-bond acceptors (Lipinski definition) is 6. The van der Waals surface area contributed by atoms with E-state index in [2.05, 4.69) is 14.7 Å². The van der Waals surface area contributed by atoms with Crippen LogP contribution >= 0.6 is 11.6 Å². The fourth-order valence-corrected chi connectivity index (χ4v) is 4.44. The van der Waals surface area contributed by atoms with E-state index in [0.717, 1.165) is 0 Å². The van der Waals surface area contributed by atoms with E-state index in [4.69, 9.17) is 11.6 Å². The Morgan fingerprint density at radius 1 is 0.903 bits per heavy atom. The average molecular weight is 458 g/mol. The van der Waals surface area contributed by atoms with Gasteiger partial charge in [-0.3, -0.25) is 9.52 Å². The number of hydrogen-bond donors (Lipinski definition) is 1. The molecule has 1 amide bonds. The number of aromatic nitrogens is 2. The van der Waals surface area contributed by atoms with Gasteiger partial charge < -0.3 is 9.80 Å². The van der Waals surface area contributed by atoms with Crippen molar-refractivity contribution in [3.8, 4) is 0 Å². The highest BCUT2D eigenvalue weighted by atomic mass is 35.5. The Morgan fingerprint density at radius 2 is 1.52 bits per heavy atom. The summed E-state index contributed by atoms with van der Waals surface area (Å²) in [5, 5.41) is 0.517. The lowest BCUT2D eigenvalue weighted by Crippen LogP contribution is -2.49. The van der Waals surface area contributed by atoms with Crippen LogP contribution in [0.4, 0.5) is 11.6 Å². The molecule has 1 aliphatic heterocycles. The molecule has 0 aliphatic carbocycles. The molecule has 0 unspecified atom stereocenters. The van der Waals surface area contributed by atoms with Gasteiger partial charge in [-0.15, -0.1) is 0 Å². The number of nitrogens with zero attached hydrogens (tertiary/aromatic N) is 4. The van der Waals surface area contributed by atoms with Gasteiger partial charge in [0.2, 0.25) is 5.95 Å². The minimum absolute atomic E-state index is 0.0741. The molecule has 1 fully saturated rings. The molecule has 31 heavy (non-hydrogen) atoms. The molecule has 4 rings (SSSR count). The summed E-state index contributed by atoms with van der Waals surface area (Å²) in [5.41, 5.74) is 0.847. The summed E-state index contributed by atoms with van der Waals surface area (Å²) in [4.78, 5) is 25.2. The lowest BCUT2D eigenvalue weighted by molar-refractivity contribution is 0.0746. The number of carbonyl (C=O) groups is 1. The second kappa shape index (κ2) is 8.91. The maximum Gasteiger partial charge on any atom is 0.261 e. The van der Waals surface area contributed by atoms with E-state index in [1.165, 1.54) is 24.3 Å². The van der Waals surface area contributed by atoms with Crippen LogP contribution in [0.2, 0.25) is 5.02 Å². The summed E-state index contributed by atoms with van der Waals surface area (Å²) in [7, 11) is -3.77. The summed E-state index contributed by atoms with van der Waals surface area (Å²) in [5.74, 6) is 0.514. The molecule has 0 radical (unpaired) electrons. The summed E-state index contributed by atoms with van der Waals surface area (Å²) in [6, 6.07) is 14.1. The smallest absolute Gasteiger partial charge is 0.261 e. The van der Waals surface area contributed by atoms with Gasteiger partial charge in [0.25, 0.3) is 15.9 Å². The molecule has 1 aliphatic rings. The monoisotopic (exact) mass is 457 g/mol. The van der Waals surface area contributed by atoms with Crippen LogP contribution in [-0.2, 0) is 10.0 Å². The first-order chi connectivity index (χ1) is 14.9. The van der Waals surface area contributed by atoms with Gasteiger partial charge in [-0.1, -0.05) is 11.6 Å². The van der Waals surface area contributed by atoms with Crippen molar-refractivity contribution < 1.29 is 13.2 Å². The van der Waals surface area contributed by atoms with Gasteiger partial charge in [-0.2, -0.15) is 0 Å². The lowest BCUT2D eigenvalue weighted by atomic mass is 10.2. The molecule has 0 spiro atoms. The summed E-state index contributed by atoms with van der Waals surface area (Å²) in [6.07, 6.45) is 3.38. The van der Waals surface area contributed by atoms with E-state index < -0.39 is 10.0 Å². The number of carbonyl (C=O) groups excluding carboxylic acids is 1. The van der Waals surface area contributed by atoms with Gasteiger partial charge in [0, 0.05) is 54.8 Å². The predicted molar refractivity (Wildman–Crippen MR) is 119 cm³/mol. The summed E-state index contributed by atoms with van der Waals surface area (Å²) < 4.78 is 27.7. The van der Waals surface area contributed by atoms with Crippen LogP contribution in [0.3, 0.4) is 0 Å². The minimum Gasteiger partial charge on any atom is -0.337 e. The van der Waals surface area contributed by atoms with Crippen molar-refractivity contribution in [3.63, 3.8) is 0 Å². The highest BCUT2D eigenvalue weighted by molar-refractivity contribution is 7.92. The summed E-state index contributed by atoms with van der Waals surface area (Å²) >= 11 is 5.83. The Balaban J connectivity index is 1.39. The Labute approximate surface area is 185 Å². The van der Waals surface area contributed by atoms with Crippen molar-refractivity contribution in [3.05, 3.63) is 77.6 Å². The third-order valence-corrected chi connectivity index (χ3v) is 6.56. The van der Waals surface area contributed by atoms with Gasteiger partial charge in [0.1, 0.15) is 0 Å². The molecule has 1 saturated heterocycles. The van der Waals surface area contributed by atoms with E-state index in [1.54, 1.807) is 47.6 Å². The van der Waals surface area contributed by atoms with Crippen molar-refractivity contribution >= 4 is 39.2 Å². The van der Waals surface area contributed by atoms with Crippen molar-refractivity contribution in [1.82, 2.24) is 14.9 Å². The normalized spacial score (nSPS) is 14.4. The van der Waals surface area contributed by atoms with Crippen LogP contribution in [0.15, 0.2) is 71.9 Å². The Morgan fingerprint density at radius 3 is 2.13 bits per heavy atom. The van der Waals surface area contributed by atoms with E-state index >= 15 is 0 Å². The van der Waals surface area contributed by atoms with E-state index in [1.807, 2.05) is 4.90 Å². The number of sulfonamides is 1. The first kappa shape index (κ1) is 21.1. The topological polar surface area (TPSA) is 95.5 Å². The quantitative estimate of drug-likeness (QED) is 0.633.